The van der Waals surface area contributed by atoms with Gasteiger partial charge in [0.15, 0.2) is 0 Å². The van der Waals surface area contributed by atoms with Gasteiger partial charge in [-0.2, -0.15) is 5.26 Å². The van der Waals surface area contributed by atoms with Gasteiger partial charge in [-0.15, -0.1) is 0 Å². The van der Waals surface area contributed by atoms with Crippen molar-refractivity contribution in [3.8, 4) is 6.07 Å². The number of ether oxygens (including phenoxy) is 1. The first-order valence-electron chi connectivity index (χ1n) is 5.02. The first-order valence-corrected chi connectivity index (χ1v) is 5.02. The highest BCUT2D eigenvalue weighted by Crippen LogP contribution is 2.15. The highest BCUT2D eigenvalue weighted by molar-refractivity contribution is 5.52. The Morgan fingerprint density at radius 2 is 2.38 bits per heavy atom. The van der Waals surface area contributed by atoms with E-state index in [1.165, 1.54) is 0 Å². The second-order valence-electron chi connectivity index (χ2n) is 3.42. The lowest BCUT2D eigenvalue weighted by molar-refractivity contribution is -0.371. The van der Waals surface area contributed by atoms with Gasteiger partial charge in [-0.25, -0.2) is 4.98 Å². The summed E-state index contributed by atoms with van der Waals surface area (Å²) in [5.41, 5.74) is 2.30. The molecule has 86 valence electrons. The Kier molecular flexibility index (Phi) is 4.70. The molecule has 5 heteroatoms. The topological polar surface area (TPSA) is 79.4 Å². The number of aliphatic hydroxyl groups is 1. The molecule has 16 heavy (non-hydrogen) atoms. The molecule has 0 radical (unpaired) electrons. The Bertz CT molecular complexity index is 399. The van der Waals surface area contributed by atoms with E-state index in [4.69, 9.17) is 15.1 Å². The Balaban J connectivity index is 3.10. The number of nitriles is 1. The monoisotopic (exact) mass is 222 g/mol. The summed E-state index contributed by atoms with van der Waals surface area (Å²) >= 11 is 0. The van der Waals surface area contributed by atoms with Gasteiger partial charge in [0.25, 0.3) is 5.82 Å². The van der Waals surface area contributed by atoms with E-state index in [1.807, 2.05) is 13.0 Å². The first kappa shape index (κ1) is 12.4. The first-order chi connectivity index (χ1) is 7.72. The van der Waals surface area contributed by atoms with Crippen molar-refractivity contribution in [2.24, 2.45) is 0 Å². The fourth-order valence-corrected chi connectivity index (χ4v) is 1.50. The number of nitrogens with zero attached hydrogens (tertiary/aromatic N) is 1. The largest absolute Gasteiger partial charge is 0.392 e. The summed E-state index contributed by atoms with van der Waals surface area (Å²) in [4.78, 5) is 3.06. The molecule has 0 bridgehead atoms. The zero-order chi connectivity index (χ0) is 12.0. The molecule has 1 rings (SSSR count). The molecule has 0 aliphatic heterocycles. The number of aromatic amines is 1. The number of hydrogen-bond acceptors (Lipinski definition) is 4. The van der Waals surface area contributed by atoms with E-state index in [9.17, 15) is 0 Å². The fraction of sp³-hybridized carbons (Fsp3) is 0.455. The predicted octanol–water partition coefficient (Wildman–Crippen LogP) is 0.231. The number of hydrogen-bond donors (Lipinski definition) is 2. The molecular formula is C11H16N3O2+. The van der Waals surface area contributed by atoms with Crippen molar-refractivity contribution in [1.82, 2.24) is 0 Å². The van der Waals surface area contributed by atoms with Gasteiger partial charge in [-0.3, -0.25) is 5.32 Å². The molecule has 0 aliphatic rings. The van der Waals surface area contributed by atoms with E-state index in [2.05, 4.69) is 16.4 Å². The number of rotatable bonds is 5. The Morgan fingerprint density at radius 1 is 1.62 bits per heavy atom. The molecule has 0 saturated heterocycles. The molecule has 1 aromatic heterocycles. The van der Waals surface area contributed by atoms with Gasteiger partial charge < -0.3 is 9.84 Å². The van der Waals surface area contributed by atoms with E-state index < -0.39 is 0 Å². The summed E-state index contributed by atoms with van der Waals surface area (Å²) in [5, 5.41) is 20.8. The van der Waals surface area contributed by atoms with Crippen LogP contribution in [0.25, 0.3) is 0 Å². The maximum absolute atomic E-state index is 9.09. The minimum atomic E-state index is 0.0201. The summed E-state index contributed by atoms with van der Waals surface area (Å²) in [5.74, 6) is 0.628. The lowest BCUT2D eigenvalue weighted by atomic mass is 10.1. The van der Waals surface area contributed by atoms with Crippen LogP contribution in [0.4, 0.5) is 5.82 Å². The van der Waals surface area contributed by atoms with Crippen molar-refractivity contribution in [2.45, 2.75) is 13.5 Å². The van der Waals surface area contributed by atoms with Gasteiger partial charge in [0, 0.05) is 12.7 Å². The minimum Gasteiger partial charge on any atom is -0.392 e. The fourth-order valence-electron chi connectivity index (χ4n) is 1.50. The third-order valence-electron chi connectivity index (χ3n) is 2.11. The average molecular weight is 222 g/mol. The number of anilines is 1. The maximum Gasteiger partial charge on any atom is 0.291 e. The van der Waals surface area contributed by atoms with E-state index in [1.54, 1.807) is 7.11 Å². The Hall–Kier alpha value is -1.64. The molecule has 0 unspecified atom stereocenters. The van der Waals surface area contributed by atoms with E-state index in [0.717, 1.165) is 11.3 Å². The Labute approximate surface area is 94.7 Å². The standard InChI is InChI=1S/C11H15N3O2/c1-8-5-9(7-16-2)10(6-12)11(14-8)13-3-4-15/h5,15H,3-4,7H2,1-2H3,(H,13,14)/p+1. The molecule has 0 amide bonds. The number of aliphatic hydroxyl groups excluding tert-OH is 1. The molecule has 1 aromatic rings. The van der Waals surface area contributed by atoms with Gasteiger partial charge in [0.1, 0.15) is 18.2 Å². The lowest BCUT2D eigenvalue weighted by Gasteiger charge is -2.06. The quantitative estimate of drug-likeness (QED) is 0.747. The summed E-state index contributed by atoms with van der Waals surface area (Å²) in [6.45, 7) is 2.73. The van der Waals surface area contributed by atoms with Crippen molar-refractivity contribution in [3.63, 3.8) is 0 Å². The molecule has 0 aliphatic carbocycles. The smallest absolute Gasteiger partial charge is 0.291 e. The molecule has 0 fully saturated rings. The molecular weight excluding hydrogens is 206 g/mol. The van der Waals surface area contributed by atoms with E-state index in [0.29, 0.717) is 24.5 Å². The minimum absolute atomic E-state index is 0.0201. The van der Waals surface area contributed by atoms with Crippen molar-refractivity contribution in [1.29, 1.82) is 5.26 Å². The van der Waals surface area contributed by atoms with Gasteiger partial charge in [-0.1, -0.05) is 0 Å². The molecule has 5 nitrogen and oxygen atoms in total. The van der Waals surface area contributed by atoms with Gasteiger partial charge in [0.2, 0.25) is 0 Å². The van der Waals surface area contributed by atoms with Crippen LogP contribution in [-0.2, 0) is 11.3 Å². The predicted molar refractivity (Wildman–Crippen MR) is 58.7 cm³/mol. The van der Waals surface area contributed by atoms with Crippen LogP contribution in [0.1, 0.15) is 16.8 Å². The van der Waals surface area contributed by atoms with Crippen LogP contribution in [0.3, 0.4) is 0 Å². The van der Waals surface area contributed by atoms with Gasteiger partial charge in [-0.05, 0) is 13.0 Å². The maximum atomic E-state index is 9.09. The van der Waals surface area contributed by atoms with Gasteiger partial charge >= 0.3 is 0 Å². The summed E-state index contributed by atoms with van der Waals surface area (Å²) in [6, 6.07) is 4.01. The Morgan fingerprint density at radius 3 is 2.94 bits per heavy atom. The van der Waals surface area contributed by atoms with Crippen LogP contribution in [0.5, 0.6) is 0 Å². The zero-order valence-corrected chi connectivity index (χ0v) is 9.50. The third-order valence-corrected chi connectivity index (χ3v) is 2.11. The SMILES string of the molecule is COCc1cc(C)[nH+]c(NCCO)c1C#N. The van der Waals surface area contributed by atoms with Crippen molar-refractivity contribution in [3.05, 3.63) is 22.9 Å². The van der Waals surface area contributed by atoms with Crippen LogP contribution in [0.2, 0.25) is 0 Å². The van der Waals surface area contributed by atoms with Crippen LogP contribution >= 0.6 is 0 Å². The van der Waals surface area contributed by atoms with Crippen LogP contribution < -0.4 is 10.3 Å². The normalized spacial score (nSPS) is 9.88. The second-order valence-corrected chi connectivity index (χ2v) is 3.42. The lowest BCUT2D eigenvalue weighted by Crippen LogP contribution is -2.21. The zero-order valence-electron chi connectivity index (χ0n) is 9.50. The van der Waals surface area contributed by atoms with Gasteiger partial charge in [0.05, 0.1) is 18.9 Å². The highest BCUT2D eigenvalue weighted by Gasteiger charge is 2.15. The van der Waals surface area contributed by atoms with Crippen molar-refractivity contribution in [2.75, 3.05) is 25.6 Å². The van der Waals surface area contributed by atoms with E-state index >= 15 is 0 Å². The number of aryl methyl sites for hydroxylation is 1. The van der Waals surface area contributed by atoms with Crippen molar-refractivity contribution < 1.29 is 14.8 Å². The van der Waals surface area contributed by atoms with E-state index in [-0.39, 0.29) is 6.61 Å². The van der Waals surface area contributed by atoms with Crippen LogP contribution in [-0.4, -0.2) is 25.4 Å². The van der Waals surface area contributed by atoms with Crippen LogP contribution in [0.15, 0.2) is 6.07 Å². The summed E-state index contributed by atoms with van der Waals surface area (Å²) in [6.07, 6.45) is 0. The number of nitrogens with one attached hydrogen (secondary N) is 2. The third kappa shape index (κ3) is 2.92. The second kappa shape index (κ2) is 6.05. The number of H-pyrrole nitrogens is 1. The molecule has 0 saturated carbocycles. The average Bonchev–Trinajstić information content (AvgIpc) is 2.26. The number of aromatic nitrogens is 1. The molecule has 0 atom stereocenters. The summed E-state index contributed by atoms with van der Waals surface area (Å²) < 4.78 is 5.04. The van der Waals surface area contributed by atoms with Crippen LogP contribution in [0, 0.1) is 18.3 Å². The number of pyridine rings is 1. The highest BCUT2D eigenvalue weighted by atomic mass is 16.5. The number of methoxy groups -OCH3 is 1. The molecule has 0 spiro atoms. The van der Waals surface area contributed by atoms with Crippen molar-refractivity contribution >= 4 is 5.82 Å². The summed E-state index contributed by atoms with van der Waals surface area (Å²) in [7, 11) is 1.59. The molecule has 1 heterocycles. The molecule has 0 aromatic carbocycles. The molecule has 3 N–H and O–H groups in total.